The first-order valence-electron chi connectivity index (χ1n) is 12.4. The van der Waals surface area contributed by atoms with Crippen LogP contribution in [0.2, 0.25) is 0 Å². The van der Waals surface area contributed by atoms with E-state index >= 15 is 0 Å². The van der Waals surface area contributed by atoms with Crippen molar-refractivity contribution in [1.82, 2.24) is 10.2 Å². The van der Waals surface area contributed by atoms with Crippen LogP contribution in [-0.4, -0.2) is 57.7 Å². The van der Waals surface area contributed by atoms with Gasteiger partial charge in [0, 0.05) is 25.0 Å². The van der Waals surface area contributed by atoms with Gasteiger partial charge < -0.3 is 26.1 Å². The van der Waals surface area contributed by atoms with Crippen LogP contribution in [0.1, 0.15) is 38.3 Å². The molecule has 7 heteroatoms. The van der Waals surface area contributed by atoms with E-state index in [4.69, 9.17) is 10.5 Å². The number of anilines is 1. The van der Waals surface area contributed by atoms with E-state index in [0.717, 1.165) is 35.5 Å². The Hall–Kier alpha value is -3.81. The number of hydrogen-bond acceptors (Lipinski definition) is 5. The predicted molar refractivity (Wildman–Crippen MR) is 165 cm³/mol. The van der Waals surface area contributed by atoms with E-state index in [-0.39, 0.29) is 11.7 Å². The fourth-order valence-electron chi connectivity index (χ4n) is 2.88. The third kappa shape index (κ3) is 15.3. The summed E-state index contributed by atoms with van der Waals surface area (Å²) in [5.41, 5.74) is 11.5. The zero-order valence-corrected chi connectivity index (χ0v) is 24.3. The Balaban J connectivity index is 0. The Morgan fingerprint density at radius 1 is 1.03 bits per heavy atom. The number of hydrogen-bond donors (Lipinski definition) is 3. The van der Waals surface area contributed by atoms with Gasteiger partial charge in [0.1, 0.15) is 12.6 Å². The minimum absolute atomic E-state index is 0.217. The standard InChI is InChI=1S/C23H27N3O.C5H14N2.C2H4.CH2O/c1-5-17(3)21(23(27)26-20-9-7-6-8-10-20)22(24)25-15-18(4)19-13-11-16(2)12-14-19;1-6-4-5-7(2)3;2*1-2/h6-15H,5H2,1-4H3,(H2,24,25)(H,26,27);6H,4-5H2,1-3H3;1-2H2;1H2/b18-15+,21-17-;;;. The highest BCUT2D eigenvalue weighted by Gasteiger charge is 2.16. The quantitative estimate of drug-likeness (QED) is 0.176. The molecular formula is C31H47N5O2. The summed E-state index contributed by atoms with van der Waals surface area (Å²) in [7, 11) is 6.10. The molecule has 0 heterocycles. The number of nitrogens with two attached hydrogens (primary N) is 1. The average molecular weight is 522 g/mol. The van der Waals surface area contributed by atoms with Crippen LogP contribution >= 0.6 is 0 Å². The van der Waals surface area contributed by atoms with Crippen LogP contribution in [0.25, 0.3) is 5.57 Å². The lowest BCUT2D eigenvalue weighted by molar-refractivity contribution is -0.112. The second-order valence-electron chi connectivity index (χ2n) is 8.43. The number of likely N-dealkylation sites (N-methyl/N-ethyl adjacent to an activating group) is 2. The summed E-state index contributed by atoms with van der Waals surface area (Å²) >= 11 is 0. The van der Waals surface area contributed by atoms with E-state index in [1.165, 1.54) is 5.56 Å². The molecule has 7 nitrogen and oxygen atoms in total. The van der Waals surface area contributed by atoms with Crippen molar-refractivity contribution < 1.29 is 9.59 Å². The molecule has 2 aromatic carbocycles. The minimum atomic E-state index is -0.247. The molecular weight excluding hydrogens is 474 g/mol. The van der Waals surface area contributed by atoms with Crippen LogP contribution in [0.3, 0.4) is 0 Å². The molecule has 0 unspecified atom stereocenters. The first-order valence-corrected chi connectivity index (χ1v) is 12.4. The molecule has 0 aliphatic rings. The number of carbonyl (C=O) groups excluding carboxylic acids is 2. The van der Waals surface area contributed by atoms with E-state index in [9.17, 15) is 4.79 Å². The lowest BCUT2D eigenvalue weighted by Crippen LogP contribution is -2.27. The number of para-hydroxylation sites is 1. The van der Waals surface area contributed by atoms with Crippen molar-refractivity contribution >= 4 is 29.8 Å². The number of benzene rings is 2. The summed E-state index contributed by atoms with van der Waals surface area (Å²) in [6.07, 6.45) is 2.42. The summed E-state index contributed by atoms with van der Waals surface area (Å²) in [5.74, 6) is -0.0302. The highest BCUT2D eigenvalue weighted by Crippen LogP contribution is 2.16. The van der Waals surface area contributed by atoms with Gasteiger partial charge in [0.25, 0.3) is 5.91 Å². The van der Waals surface area contributed by atoms with Gasteiger partial charge in [-0.3, -0.25) is 4.79 Å². The topological polar surface area (TPSA) is 99.8 Å². The van der Waals surface area contributed by atoms with Gasteiger partial charge in [-0.2, -0.15) is 0 Å². The monoisotopic (exact) mass is 521 g/mol. The summed E-state index contributed by atoms with van der Waals surface area (Å²) < 4.78 is 0. The van der Waals surface area contributed by atoms with Gasteiger partial charge in [-0.1, -0.05) is 60.5 Å². The largest absolute Gasteiger partial charge is 0.383 e. The molecule has 38 heavy (non-hydrogen) atoms. The van der Waals surface area contributed by atoms with Crippen molar-refractivity contribution in [2.75, 3.05) is 39.5 Å². The molecule has 0 aromatic heterocycles. The molecule has 0 saturated heterocycles. The molecule has 2 rings (SSSR count). The van der Waals surface area contributed by atoms with Gasteiger partial charge in [0.15, 0.2) is 0 Å². The number of amides is 1. The number of amidine groups is 1. The van der Waals surface area contributed by atoms with Crippen LogP contribution in [0, 0.1) is 6.92 Å². The third-order valence-corrected chi connectivity index (χ3v) is 5.19. The van der Waals surface area contributed by atoms with Crippen molar-refractivity contribution in [3.05, 3.63) is 96.2 Å². The zero-order chi connectivity index (χ0) is 29.5. The summed E-state index contributed by atoms with van der Waals surface area (Å²) in [6, 6.07) is 17.5. The Bertz CT molecular complexity index is 1010. The highest BCUT2D eigenvalue weighted by molar-refractivity contribution is 6.24. The summed E-state index contributed by atoms with van der Waals surface area (Å²) in [4.78, 5) is 27.3. The Morgan fingerprint density at radius 2 is 1.58 bits per heavy atom. The molecule has 0 aliphatic carbocycles. The van der Waals surface area contributed by atoms with Crippen molar-refractivity contribution in [2.24, 2.45) is 10.7 Å². The van der Waals surface area contributed by atoms with Gasteiger partial charge in [-0.15, -0.1) is 13.2 Å². The first kappa shape index (κ1) is 36.3. The molecule has 0 saturated carbocycles. The lowest BCUT2D eigenvalue weighted by atomic mass is 10.1. The zero-order valence-electron chi connectivity index (χ0n) is 24.3. The molecule has 0 aliphatic heterocycles. The SMILES string of the molecule is C=C.C=O.CC/C(C)=C(C(=O)Nc1ccccc1)/C(N)=N/C=C(\C)c1ccc(C)cc1.CNCCN(C)C. The molecule has 0 spiro atoms. The van der Waals surface area contributed by atoms with Gasteiger partial charge >= 0.3 is 0 Å². The Labute approximate surface area is 230 Å². The molecule has 0 radical (unpaired) electrons. The third-order valence-electron chi connectivity index (χ3n) is 5.19. The van der Waals surface area contributed by atoms with Crippen molar-refractivity contribution in [3.63, 3.8) is 0 Å². The van der Waals surface area contributed by atoms with E-state index in [0.29, 0.717) is 12.0 Å². The van der Waals surface area contributed by atoms with Gasteiger partial charge in [-0.25, -0.2) is 4.99 Å². The molecule has 4 N–H and O–H groups in total. The number of aryl methyl sites for hydroxylation is 1. The van der Waals surface area contributed by atoms with E-state index < -0.39 is 0 Å². The maximum atomic E-state index is 12.8. The molecule has 0 bridgehead atoms. The van der Waals surface area contributed by atoms with Crippen LogP contribution in [0.15, 0.2) is 90.1 Å². The molecule has 0 fully saturated rings. The molecule has 208 valence electrons. The summed E-state index contributed by atoms with van der Waals surface area (Å²) in [5, 5.41) is 5.94. The number of nitrogens with zero attached hydrogens (tertiary/aromatic N) is 2. The molecule has 1 amide bonds. The maximum Gasteiger partial charge on any atom is 0.259 e. The molecule has 2 aromatic rings. The maximum absolute atomic E-state index is 12.8. The van der Waals surface area contributed by atoms with Crippen LogP contribution in [0.5, 0.6) is 0 Å². The van der Waals surface area contributed by atoms with E-state index in [1.54, 1.807) is 6.20 Å². The predicted octanol–water partition coefficient (Wildman–Crippen LogP) is 5.46. The normalized spacial score (nSPS) is 11.5. The minimum Gasteiger partial charge on any atom is -0.383 e. The van der Waals surface area contributed by atoms with Crippen molar-refractivity contribution in [1.29, 1.82) is 0 Å². The fraction of sp³-hybridized carbons (Fsp3) is 0.323. The first-order chi connectivity index (χ1) is 18.2. The van der Waals surface area contributed by atoms with Crippen LogP contribution < -0.4 is 16.4 Å². The number of nitrogens with one attached hydrogen (secondary N) is 2. The Morgan fingerprint density at radius 3 is 2.03 bits per heavy atom. The number of allylic oxidation sites excluding steroid dienone is 2. The van der Waals surface area contributed by atoms with Crippen LogP contribution in [-0.2, 0) is 9.59 Å². The number of aliphatic imine (C=N–C) groups is 1. The second kappa shape index (κ2) is 22.4. The summed E-state index contributed by atoms with van der Waals surface area (Å²) in [6.45, 7) is 18.1. The van der Waals surface area contributed by atoms with Crippen molar-refractivity contribution in [3.8, 4) is 0 Å². The Kier molecular flexibility index (Phi) is 21.4. The van der Waals surface area contributed by atoms with Crippen molar-refractivity contribution in [2.45, 2.75) is 34.1 Å². The fourth-order valence-corrected chi connectivity index (χ4v) is 2.88. The van der Waals surface area contributed by atoms with Gasteiger partial charge in [0.05, 0.1) is 5.57 Å². The number of rotatable bonds is 9. The van der Waals surface area contributed by atoms with E-state index in [2.05, 4.69) is 66.8 Å². The van der Waals surface area contributed by atoms with Crippen LogP contribution in [0.4, 0.5) is 5.69 Å². The van der Waals surface area contributed by atoms with E-state index in [1.807, 2.05) is 77.1 Å². The number of carbonyl (C=O) groups is 2. The smallest absolute Gasteiger partial charge is 0.259 e. The average Bonchev–Trinajstić information content (AvgIpc) is 2.94. The second-order valence-corrected chi connectivity index (χ2v) is 8.43. The molecule has 0 atom stereocenters. The van der Waals surface area contributed by atoms with Gasteiger partial charge in [-0.05, 0) is 71.6 Å². The van der Waals surface area contributed by atoms with Gasteiger partial charge in [0.2, 0.25) is 0 Å². The highest BCUT2D eigenvalue weighted by atomic mass is 16.1. The lowest BCUT2D eigenvalue weighted by Gasteiger charge is -2.11.